The number of rotatable bonds is 5. The van der Waals surface area contributed by atoms with Crippen LogP contribution in [0.3, 0.4) is 0 Å². The van der Waals surface area contributed by atoms with Gasteiger partial charge in [0.05, 0.1) is 6.61 Å². The first kappa shape index (κ1) is 14.4. The molecule has 0 saturated heterocycles. The lowest BCUT2D eigenvalue weighted by atomic mass is 10.1. The average Bonchev–Trinajstić information content (AvgIpc) is 2.77. The maximum Gasteiger partial charge on any atom is 0.407 e. The Hall–Kier alpha value is -1.97. The van der Waals surface area contributed by atoms with Crippen LogP contribution in [0.25, 0.3) is 10.9 Å². The third-order valence-corrected chi connectivity index (χ3v) is 3.38. The first-order chi connectivity index (χ1) is 9.65. The highest BCUT2D eigenvalue weighted by Gasteiger charge is 2.12. The summed E-state index contributed by atoms with van der Waals surface area (Å²) >= 11 is 0. The molecule has 0 fully saturated rings. The molecule has 20 heavy (non-hydrogen) atoms. The predicted octanol–water partition coefficient (Wildman–Crippen LogP) is 3.34. The quantitative estimate of drug-likeness (QED) is 0.908. The first-order valence-corrected chi connectivity index (χ1v) is 7.15. The summed E-state index contributed by atoms with van der Waals surface area (Å²) in [6.45, 7) is 7.28. The Morgan fingerprint density at radius 3 is 2.80 bits per heavy atom. The number of carbonyl (C=O) groups is 1. The molecular weight excluding hydrogens is 252 g/mol. The highest BCUT2D eigenvalue weighted by atomic mass is 16.5. The van der Waals surface area contributed by atoms with E-state index in [0.29, 0.717) is 6.61 Å². The van der Waals surface area contributed by atoms with Crippen LogP contribution in [-0.4, -0.2) is 23.3 Å². The minimum Gasteiger partial charge on any atom is -0.450 e. The van der Waals surface area contributed by atoms with Gasteiger partial charge in [0.1, 0.15) is 0 Å². The maximum absolute atomic E-state index is 11.4. The van der Waals surface area contributed by atoms with Crippen LogP contribution in [0.15, 0.2) is 30.5 Å². The lowest BCUT2D eigenvalue weighted by Gasteiger charge is -2.12. The number of aromatic nitrogens is 1. The van der Waals surface area contributed by atoms with Crippen LogP contribution >= 0.6 is 0 Å². The van der Waals surface area contributed by atoms with Crippen molar-refractivity contribution in [3.8, 4) is 0 Å². The van der Waals surface area contributed by atoms with Crippen molar-refractivity contribution in [2.24, 2.45) is 0 Å². The summed E-state index contributed by atoms with van der Waals surface area (Å²) in [6, 6.07) is 8.42. The van der Waals surface area contributed by atoms with Gasteiger partial charge in [-0.15, -0.1) is 0 Å². The number of nitrogens with zero attached hydrogens (tertiary/aromatic N) is 1. The lowest BCUT2D eigenvalue weighted by molar-refractivity contribution is 0.149. The van der Waals surface area contributed by atoms with Crippen molar-refractivity contribution in [3.05, 3.63) is 36.0 Å². The summed E-state index contributed by atoms with van der Waals surface area (Å²) in [5, 5.41) is 4.11. The molecule has 0 bridgehead atoms. The fourth-order valence-electron chi connectivity index (χ4n) is 2.50. The van der Waals surface area contributed by atoms with Gasteiger partial charge in [-0.25, -0.2) is 4.79 Å². The van der Waals surface area contributed by atoms with Gasteiger partial charge in [-0.3, -0.25) is 0 Å². The van der Waals surface area contributed by atoms with E-state index in [1.807, 2.05) is 6.92 Å². The van der Waals surface area contributed by atoms with E-state index in [2.05, 4.69) is 47.3 Å². The number of para-hydroxylation sites is 1. The second kappa shape index (κ2) is 6.46. The highest BCUT2D eigenvalue weighted by Crippen LogP contribution is 2.22. The van der Waals surface area contributed by atoms with Crippen LogP contribution in [-0.2, 0) is 17.7 Å². The number of hydrogen-bond donors (Lipinski definition) is 1. The number of alkyl carbamates (subject to hydrolysis) is 1. The van der Waals surface area contributed by atoms with E-state index in [0.717, 1.165) is 13.0 Å². The van der Waals surface area contributed by atoms with Crippen LogP contribution in [0.4, 0.5) is 4.79 Å². The Labute approximate surface area is 119 Å². The van der Waals surface area contributed by atoms with Gasteiger partial charge >= 0.3 is 6.09 Å². The molecular formula is C16H22N2O2. The second-order valence-electron chi connectivity index (χ2n) is 4.93. The molecule has 1 atom stereocenters. The summed E-state index contributed by atoms with van der Waals surface area (Å²) in [5.41, 5.74) is 2.50. The van der Waals surface area contributed by atoms with E-state index < -0.39 is 0 Å². The lowest BCUT2D eigenvalue weighted by Crippen LogP contribution is -2.34. The molecule has 1 amide bonds. The van der Waals surface area contributed by atoms with Crippen LogP contribution < -0.4 is 5.32 Å². The molecule has 0 aliphatic rings. The van der Waals surface area contributed by atoms with Gasteiger partial charge in [0.15, 0.2) is 0 Å². The summed E-state index contributed by atoms with van der Waals surface area (Å²) in [5.74, 6) is 0. The van der Waals surface area contributed by atoms with Crippen molar-refractivity contribution in [1.29, 1.82) is 0 Å². The molecule has 0 spiro atoms. The number of fused-ring (bicyclic) bond motifs is 1. The molecule has 108 valence electrons. The summed E-state index contributed by atoms with van der Waals surface area (Å²) in [4.78, 5) is 11.4. The number of ether oxygens (including phenoxy) is 1. The molecule has 2 aromatic rings. The van der Waals surface area contributed by atoms with Crippen molar-refractivity contribution < 1.29 is 9.53 Å². The number of aryl methyl sites for hydroxylation is 1. The van der Waals surface area contributed by atoms with Gasteiger partial charge in [0.25, 0.3) is 0 Å². The molecule has 2 rings (SSSR count). The molecule has 1 aromatic heterocycles. The van der Waals surface area contributed by atoms with E-state index in [1.165, 1.54) is 16.5 Å². The van der Waals surface area contributed by atoms with E-state index in [4.69, 9.17) is 4.74 Å². The van der Waals surface area contributed by atoms with Crippen molar-refractivity contribution in [2.75, 3.05) is 6.61 Å². The third-order valence-electron chi connectivity index (χ3n) is 3.38. The van der Waals surface area contributed by atoms with E-state index >= 15 is 0 Å². The topological polar surface area (TPSA) is 43.3 Å². The Morgan fingerprint density at radius 1 is 1.35 bits per heavy atom. The minimum atomic E-state index is -0.348. The summed E-state index contributed by atoms with van der Waals surface area (Å²) < 4.78 is 7.15. The molecule has 1 aromatic carbocycles. The van der Waals surface area contributed by atoms with Gasteiger partial charge in [0, 0.05) is 29.7 Å². The van der Waals surface area contributed by atoms with Gasteiger partial charge < -0.3 is 14.6 Å². The normalized spacial score (nSPS) is 12.3. The Kier molecular flexibility index (Phi) is 4.66. The van der Waals surface area contributed by atoms with E-state index in [1.54, 1.807) is 6.92 Å². The molecule has 4 heteroatoms. The Morgan fingerprint density at radius 2 is 2.10 bits per heavy atom. The van der Waals surface area contributed by atoms with Crippen molar-refractivity contribution in [1.82, 2.24) is 9.88 Å². The number of carbonyl (C=O) groups excluding carboxylic acids is 1. The van der Waals surface area contributed by atoms with Gasteiger partial charge in [-0.1, -0.05) is 18.2 Å². The van der Waals surface area contributed by atoms with Crippen molar-refractivity contribution in [3.63, 3.8) is 0 Å². The zero-order valence-corrected chi connectivity index (χ0v) is 12.3. The van der Waals surface area contributed by atoms with E-state index in [-0.39, 0.29) is 12.1 Å². The number of amides is 1. The third kappa shape index (κ3) is 3.13. The largest absolute Gasteiger partial charge is 0.450 e. The summed E-state index contributed by atoms with van der Waals surface area (Å²) in [7, 11) is 0. The van der Waals surface area contributed by atoms with E-state index in [9.17, 15) is 4.79 Å². The van der Waals surface area contributed by atoms with Crippen LogP contribution in [0.1, 0.15) is 26.3 Å². The molecule has 0 saturated carbocycles. The highest BCUT2D eigenvalue weighted by molar-refractivity contribution is 5.84. The predicted molar refractivity (Wildman–Crippen MR) is 80.9 cm³/mol. The van der Waals surface area contributed by atoms with Gasteiger partial charge in [-0.2, -0.15) is 0 Å². The molecule has 1 unspecified atom stereocenters. The molecule has 0 aliphatic carbocycles. The molecule has 4 nitrogen and oxygen atoms in total. The fraction of sp³-hybridized carbons (Fsp3) is 0.438. The number of nitrogens with one attached hydrogen (secondary N) is 1. The molecule has 0 aliphatic heterocycles. The standard InChI is InChI=1S/C16H22N2O2/c1-4-18-11-13(14-8-6-7-9-15(14)18)10-12(3)17-16(19)20-5-2/h6-9,11-12H,4-5,10H2,1-3H3,(H,17,19). The maximum atomic E-state index is 11.4. The molecule has 0 radical (unpaired) electrons. The fourth-order valence-corrected chi connectivity index (χ4v) is 2.50. The SMILES string of the molecule is CCOC(=O)NC(C)Cc1cn(CC)c2ccccc12. The Bertz CT molecular complexity index is 589. The second-order valence-corrected chi connectivity index (χ2v) is 4.93. The van der Waals surface area contributed by atoms with Gasteiger partial charge in [-0.05, 0) is 38.8 Å². The molecule has 1 heterocycles. The zero-order chi connectivity index (χ0) is 14.5. The van der Waals surface area contributed by atoms with Crippen LogP contribution in [0, 0.1) is 0 Å². The minimum absolute atomic E-state index is 0.0464. The van der Waals surface area contributed by atoms with Gasteiger partial charge in [0.2, 0.25) is 0 Å². The monoisotopic (exact) mass is 274 g/mol. The van der Waals surface area contributed by atoms with Crippen molar-refractivity contribution >= 4 is 17.0 Å². The Balaban J connectivity index is 2.15. The molecule has 1 N–H and O–H groups in total. The number of benzene rings is 1. The van der Waals surface area contributed by atoms with Crippen molar-refractivity contribution in [2.45, 2.75) is 39.8 Å². The zero-order valence-electron chi connectivity index (χ0n) is 12.3. The first-order valence-electron chi connectivity index (χ1n) is 7.15. The number of hydrogen-bond acceptors (Lipinski definition) is 2. The smallest absolute Gasteiger partial charge is 0.407 e. The average molecular weight is 274 g/mol. The summed E-state index contributed by atoms with van der Waals surface area (Å²) in [6.07, 6.45) is 2.62. The van der Waals surface area contributed by atoms with Crippen LogP contribution in [0.2, 0.25) is 0 Å². The van der Waals surface area contributed by atoms with Crippen LogP contribution in [0.5, 0.6) is 0 Å².